The minimum absolute atomic E-state index is 0. The number of nitrogens with zero attached hydrogens (tertiary/aromatic N) is 1. The van der Waals surface area contributed by atoms with Gasteiger partial charge in [-0.3, -0.25) is 4.79 Å². The second kappa shape index (κ2) is 9.43. The smallest absolute Gasteiger partial charge is 0.251 e. The van der Waals surface area contributed by atoms with Crippen LogP contribution in [0, 0.1) is 5.82 Å². The van der Waals surface area contributed by atoms with E-state index in [2.05, 4.69) is 15.5 Å². The third-order valence-corrected chi connectivity index (χ3v) is 5.26. The highest BCUT2D eigenvalue weighted by molar-refractivity contribution is 5.94. The fourth-order valence-corrected chi connectivity index (χ4v) is 3.69. The van der Waals surface area contributed by atoms with Crippen molar-refractivity contribution in [3.63, 3.8) is 0 Å². The van der Waals surface area contributed by atoms with Crippen LogP contribution in [-0.2, 0) is 0 Å². The van der Waals surface area contributed by atoms with Crippen LogP contribution in [0.3, 0.4) is 0 Å². The molecule has 4 rings (SSSR count). The van der Waals surface area contributed by atoms with Crippen molar-refractivity contribution in [3.05, 3.63) is 59.4 Å². The molecule has 156 valence electrons. The van der Waals surface area contributed by atoms with Gasteiger partial charge < -0.3 is 25.4 Å². The topological polar surface area (TPSA) is 73.8 Å². The highest BCUT2D eigenvalue weighted by Gasteiger charge is 2.30. The number of halogens is 2. The van der Waals surface area contributed by atoms with Crippen LogP contribution in [0.5, 0.6) is 5.75 Å². The van der Waals surface area contributed by atoms with Crippen molar-refractivity contribution in [2.45, 2.75) is 18.6 Å². The third-order valence-electron chi connectivity index (χ3n) is 5.26. The van der Waals surface area contributed by atoms with E-state index in [1.807, 2.05) is 18.2 Å². The first-order chi connectivity index (χ1) is 13.6. The molecule has 8 heteroatoms. The second-order valence-electron chi connectivity index (χ2n) is 7.12. The number of hydrogen-bond acceptors (Lipinski definition) is 5. The SMILES string of the molecule is Cl.O=C(N[C@@H]1c2cc(N3CCNCC3)ccc2OCC[C@H]1O)c1ccc(F)cc1. The number of carbonyl (C=O) groups excluding carboxylic acids is 1. The number of fused-ring (bicyclic) bond motifs is 1. The lowest BCUT2D eigenvalue weighted by atomic mass is 9.98. The fraction of sp³-hybridized carbons (Fsp3) is 0.381. The normalized spacial score (nSPS) is 21.2. The minimum atomic E-state index is -0.774. The monoisotopic (exact) mass is 421 g/mol. The van der Waals surface area contributed by atoms with E-state index in [1.54, 1.807) is 0 Å². The van der Waals surface area contributed by atoms with Crippen LogP contribution in [0.15, 0.2) is 42.5 Å². The highest BCUT2D eigenvalue weighted by Crippen LogP contribution is 2.35. The van der Waals surface area contributed by atoms with Gasteiger partial charge in [0.1, 0.15) is 11.6 Å². The molecule has 2 aliphatic heterocycles. The molecule has 0 radical (unpaired) electrons. The number of anilines is 1. The molecule has 3 N–H and O–H groups in total. The summed E-state index contributed by atoms with van der Waals surface area (Å²) in [4.78, 5) is 14.9. The van der Waals surface area contributed by atoms with Crippen molar-refractivity contribution in [3.8, 4) is 5.75 Å². The lowest BCUT2D eigenvalue weighted by molar-refractivity contribution is 0.0805. The molecule has 0 bridgehead atoms. The van der Waals surface area contributed by atoms with E-state index < -0.39 is 18.0 Å². The molecule has 2 atom stereocenters. The summed E-state index contributed by atoms with van der Waals surface area (Å²) >= 11 is 0. The predicted molar refractivity (Wildman–Crippen MR) is 111 cm³/mol. The minimum Gasteiger partial charge on any atom is -0.493 e. The molecule has 0 aliphatic carbocycles. The van der Waals surface area contributed by atoms with Gasteiger partial charge >= 0.3 is 0 Å². The lowest BCUT2D eigenvalue weighted by Gasteiger charge is -2.31. The van der Waals surface area contributed by atoms with E-state index in [0.29, 0.717) is 24.3 Å². The lowest BCUT2D eigenvalue weighted by Crippen LogP contribution is -2.43. The Balaban J connectivity index is 0.00000240. The Morgan fingerprint density at radius 1 is 1.17 bits per heavy atom. The summed E-state index contributed by atoms with van der Waals surface area (Å²) in [5.74, 6) is -0.0882. The molecule has 29 heavy (non-hydrogen) atoms. The van der Waals surface area contributed by atoms with Crippen molar-refractivity contribution in [2.24, 2.45) is 0 Å². The molecule has 0 unspecified atom stereocenters. The van der Waals surface area contributed by atoms with Crippen LogP contribution in [0.2, 0.25) is 0 Å². The van der Waals surface area contributed by atoms with Gasteiger partial charge in [0, 0.05) is 49.4 Å². The van der Waals surface area contributed by atoms with Gasteiger partial charge in [-0.05, 0) is 42.5 Å². The van der Waals surface area contributed by atoms with Crippen LogP contribution in [0.25, 0.3) is 0 Å². The zero-order valence-corrected chi connectivity index (χ0v) is 16.8. The number of piperazine rings is 1. The Morgan fingerprint density at radius 2 is 1.90 bits per heavy atom. The van der Waals surface area contributed by atoms with Crippen molar-refractivity contribution < 1.29 is 19.0 Å². The van der Waals surface area contributed by atoms with Crippen LogP contribution in [0.1, 0.15) is 28.4 Å². The molecule has 1 fully saturated rings. The van der Waals surface area contributed by atoms with Gasteiger partial charge in [0.15, 0.2) is 0 Å². The van der Waals surface area contributed by atoms with Gasteiger partial charge in [-0.1, -0.05) is 0 Å². The first-order valence-corrected chi connectivity index (χ1v) is 9.59. The van der Waals surface area contributed by atoms with E-state index in [4.69, 9.17) is 4.74 Å². The average molecular weight is 422 g/mol. The number of benzene rings is 2. The van der Waals surface area contributed by atoms with Crippen molar-refractivity contribution >= 4 is 24.0 Å². The zero-order valence-electron chi connectivity index (χ0n) is 15.9. The highest BCUT2D eigenvalue weighted by atomic mass is 35.5. The van der Waals surface area contributed by atoms with Gasteiger partial charge in [-0.25, -0.2) is 4.39 Å². The van der Waals surface area contributed by atoms with Crippen LogP contribution in [0.4, 0.5) is 10.1 Å². The Hall–Kier alpha value is -2.35. The molecule has 2 heterocycles. The van der Waals surface area contributed by atoms with Gasteiger partial charge in [-0.2, -0.15) is 0 Å². The number of aliphatic hydroxyl groups excluding tert-OH is 1. The second-order valence-corrected chi connectivity index (χ2v) is 7.12. The van der Waals surface area contributed by atoms with Gasteiger partial charge in [0.05, 0.1) is 18.8 Å². The Bertz CT molecular complexity index is 844. The summed E-state index contributed by atoms with van der Waals surface area (Å²) in [6.07, 6.45) is -0.365. The van der Waals surface area contributed by atoms with Gasteiger partial charge in [0.2, 0.25) is 0 Å². The Morgan fingerprint density at radius 3 is 2.62 bits per heavy atom. The maximum Gasteiger partial charge on any atom is 0.251 e. The van der Waals surface area contributed by atoms with Crippen molar-refractivity contribution in [1.82, 2.24) is 10.6 Å². The van der Waals surface area contributed by atoms with Crippen molar-refractivity contribution in [1.29, 1.82) is 0 Å². The summed E-state index contributed by atoms with van der Waals surface area (Å²) in [7, 11) is 0. The molecule has 0 saturated carbocycles. The Labute approximate surface area is 175 Å². The van der Waals surface area contributed by atoms with Crippen molar-refractivity contribution in [2.75, 3.05) is 37.7 Å². The molecule has 1 amide bonds. The van der Waals surface area contributed by atoms with E-state index in [1.165, 1.54) is 24.3 Å². The maximum absolute atomic E-state index is 13.1. The largest absolute Gasteiger partial charge is 0.493 e. The number of rotatable bonds is 3. The number of ether oxygens (including phenoxy) is 1. The third kappa shape index (κ3) is 4.80. The molecule has 2 aromatic rings. The molecule has 2 aromatic carbocycles. The molecule has 6 nitrogen and oxygen atoms in total. The first-order valence-electron chi connectivity index (χ1n) is 9.59. The number of hydrogen-bond donors (Lipinski definition) is 3. The summed E-state index contributed by atoms with van der Waals surface area (Å²) in [6, 6.07) is 10.7. The number of carbonyl (C=O) groups is 1. The zero-order chi connectivity index (χ0) is 19.5. The van der Waals surface area contributed by atoms with Crippen LogP contribution in [-0.4, -0.2) is 49.9 Å². The average Bonchev–Trinajstić information content (AvgIpc) is 2.87. The fourth-order valence-electron chi connectivity index (χ4n) is 3.69. The molecule has 2 aliphatic rings. The quantitative estimate of drug-likeness (QED) is 0.709. The number of nitrogens with one attached hydrogen (secondary N) is 2. The summed E-state index contributed by atoms with van der Waals surface area (Å²) in [5.41, 5.74) is 2.15. The molecular weight excluding hydrogens is 397 g/mol. The molecule has 0 spiro atoms. The number of aliphatic hydroxyl groups is 1. The standard InChI is InChI=1S/C21H24FN3O3.ClH/c22-15-3-1-14(2-4-15)21(27)24-20-17-13-16(25-10-8-23-9-11-25)5-6-19(17)28-12-7-18(20)26;/h1-6,13,18,20,23,26H,7-12H2,(H,24,27);1H/t18-,20-;/m1./s1. The van der Waals surface area contributed by atoms with Gasteiger partial charge in [-0.15, -0.1) is 12.4 Å². The van der Waals surface area contributed by atoms with E-state index >= 15 is 0 Å². The van der Waals surface area contributed by atoms with E-state index in [9.17, 15) is 14.3 Å². The summed E-state index contributed by atoms with van der Waals surface area (Å²) in [6.45, 7) is 4.01. The maximum atomic E-state index is 13.1. The molecule has 0 aromatic heterocycles. The van der Waals surface area contributed by atoms with E-state index in [-0.39, 0.29) is 18.3 Å². The molecular formula is C21H25ClFN3O3. The van der Waals surface area contributed by atoms with E-state index in [0.717, 1.165) is 37.4 Å². The van der Waals surface area contributed by atoms with Gasteiger partial charge in [0.25, 0.3) is 5.91 Å². The number of amides is 1. The summed E-state index contributed by atoms with van der Waals surface area (Å²) in [5, 5.41) is 16.9. The Kier molecular flexibility index (Phi) is 6.95. The predicted octanol–water partition coefficient (Wildman–Crippen LogP) is 2.27. The first kappa shape index (κ1) is 21.4. The molecule has 1 saturated heterocycles. The van der Waals surface area contributed by atoms with Crippen LogP contribution >= 0.6 is 12.4 Å². The van der Waals surface area contributed by atoms with Crippen LogP contribution < -0.4 is 20.3 Å². The summed E-state index contributed by atoms with van der Waals surface area (Å²) < 4.78 is 18.9.